The number of thiazole rings is 1. The van der Waals surface area contributed by atoms with Crippen LogP contribution in [0.3, 0.4) is 0 Å². The van der Waals surface area contributed by atoms with Gasteiger partial charge in [0.05, 0.1) is 10.6 Å². The van der Waals surface area contributed by atoms with E-state index in [0.29, 0.717) is 12.7 Å². The van der Waals surface area contributed by atoms with E-state index in [1.165, 1.54) is 0 Å². The average Bonchev–Trinajstić information content (AvgIpc) is 2.74. The van der Waals surface area contributed by atoms with Crippen LogP contribution >= 0.6 is 23.1 Å². The minimum absolute atomic E-state index is 0.419. The van der Waals surface area contributed by atoms with Gasteiger partial charge in [-0.25, -0.2) is 4.98 Å². The highest BCUT2D eigenvalue weighted by Gasteiger charge is 2.03. The maximum Gasteiger partial charge on any atom is 0.293 e. The third-order valence-corrected chi connectivity index (χ3v) is 3.96. The molecule has 7 nitrogen and oxygen atoms in total. The van der Waals surface area contributed by atoms with Gasteiger partial charge in [-0.2, -0.15) is 11.8 Å². The highest BCUT2D eigenvalue weighted by Crippen LogP contribution is 2.16. The Hall–Kier alpha value is -1.32. The molecule has 0 amide bonds. The molecule has 0 aliphatic heterocycles. The van der Waals surface area contributed by atoms with Gasteiger partial charge in [-0.1, -0.05) is 0 Å². The minimum atomic E-state index is -0.697. The lowest BCUT2D eigenvalue weighted by molar-refractivity contribution is -0.405. The third-order valence-electron chi connectivity index (χ3n) is 2.08. The van der Waals surface area contributed by atoms with E-state index in [0.717, 1.165) is 28.8 Å². The second-order valence-electron chi connectivity index (χ2n) is 4.25. The molecule has 1 aromatic heterocycles. The molecule has 0 saturated carbocycles. The second-order valence-corrected chi connectivity index (χ2v) is 6.30. The van der Waals surface area contributed by atoms with Gasteiger partial charge in [0, 0.05) is 30.0 Å². The lowest BCUT2D eigenvalue weighted by Crippen LogP contribution is -2.17. The smallest absolute Gasteiger partial charge is 0.293 e. The van der Waals surface area contributed by atoms with Gasteiger partial charge in [0.2, 0.25) is 0 Å². The summed E-state index contributed by atoms with van der Waals surface area (Å²) in [6.07, 6.45) is 0.540. The van der Waals surface area contributed by atoms with E-state index in [2.05, 4.69) is 15.2 Å². The van der Waals surface area contributed by atoms with E-state index in [-0.39, 0.29) is 0 Å². The SMILES string of the molecule is CN(C)Cc1nc(CSCCNC(O)=C[N+](=O)[O-])cs1. The van der Waals surface area contributed by atoms with Crippen molar-refractivity contribution < 1.29 is 10.0 Å². The highest BCUT2D eigenvalue weighted by molar-refractivity contribution is 7.98. The molecule has 1 heterocycles. The lowest BCUT2D eigenvalue weighted by atomic mass is 10.5. The fourth-order valence-corrected chi connectivity index (χ4v) is 3.10. The van der Waals surface area contributed by atoms with Crippen LogP contribution in [0.1, 0.15) is 10.7 Å². The summed E-state index contributed by atoms with van der Waals surface area (Å²) in [5, 5.41) is 24.9. The number of rotatable bonds is 9. The van der Waals surface area contributed by atoms with Crippen molar-refractivity contribution >= 4 is 23.1 Å². The Bertz CT molecular complexity index is 462. The standard InChI is InChI=1S/C11H18N4O3S2/c1-14(2)6-11-13-9(8-20-11)7-19-4-3-12-10(16)5-15(17)18/h5,8,12,16H,3-4,6-7H2,1-2H3. The molecule has 0 spiro atoms. The molecule has 0 aliphatic carbocycles. The fourth-order valence-electron chi connectivity index (χ4n) is 1.33. The van der Waals surface area contributed by atoms with Gasteiger partial charge in [0.15, 0.2) is 0 Å². The van der Waals surface area contributed by atoms with Crippen molar-refractivity contribution in [3.8, 4) is 0 Å². The first-order valence-corrected chi connectivity index (χ1v) is 7.94. The van der Waals surface area contributed by atoms with Gasteiger partial charge >= 0.3 is 0 Å². The van der Waals surface area contributed by atoms with E-state index < -0.39 is 10.8 Å². The van der Waals surface area contributed by atoms with E-state index in [4.69, 9.17) is 5.11 Å². The van der Waals surface area contributed by atoms with Gasteiger partial charge in [-0.15, -0.1) is 11.3 Å². The molecular formula is C11H18N4O3S2. The van der Waals surface area contributed by atoms with Gasteiger partial charge in [-0.3, -0.25) is 10.1 Å². The summed E-state index contributed by atoms with van der Waals surface area (Å²) in [5.41, 5.74) is 1.04. The zero-order valence-electron chi connectivity index (χ0n) is 11.4. The van der Waals surface area contributed by atoms with Crippen molar-refractivity contribution in [2.24, 2.45) is 0 Å². The summed E-state index contributed by atoms with van der Waals surface area (Å²) in [6, 6.07) is 0. The van der Waals surface area contributed by atoms with Crippen LogP contribution in [0.2, 0.25) is 0 Å². The number of aliphatic hydroxyl groups is 1. The van der Waals surface area contributed by atoms with Crippen molar-refractivity contribution in [2.75, 3.05) is 26.4 Å². The predicted octanol–water partition coefficient (Wildman–Crippen LogP) is 1.66. The van der Waals surface area contributed by atoms with Crippen LogP contribution in [0, 0.1) is 10.1 Å². The van der Waals surface area contributed by atoms with Crippen molar-refractivity contribution in [1.82, 2.24) is 15.2 Å². The number of nitrogens with one attached hydrogen (secondary N) is 1. The van der Waals surface area contributed by atoms with Crippen LogP contribution in [0.4, 0.5) is 0 Å². The molecule has 0 bridgehead atoms. The molecule has 1 rings (SSSR count). The summed E-state index contributed by atoms with van der Waals surface area (Å²) in [7, 11) is 4.01. The fraction of sp³-hybridized carbons (Fsp3) is 0.545. The quantitative estimate of drug-likeness (QED) is 0.310. The van der Waals surface area contributed by atoms with E-state index in [1.54, 1.807) is 23.1 Å². The Morgan fingerprint density at radius 2 is 2.45 bits per heavy atom. The normalized spacial score (nSPS) is 11.8. The first kappa shape index (κ1) is 16.7. The molecule has 1 aromatic rings. The Kier molecular flexibility index (Phi) is 7.34. The lowest BCUT2D eigenvalue weighted by Gasteiger charge is -2.05. The van der Waals surface area contributed by atoms with Gasteiger partial charge in [0.25, 0.3) is 12.1 Å². The van der Waals surface area contributed by atoms with E-state index >= 15 is 0 Å². The zero-order valence-corrected chi connectivity index (χ0v) is 13.0. The molecule has 9 heteroatoms. The van der Waals surface area contributed by atoms with Crippen LogP contribution in [0.5, 0.6) is 0 Å². The molecule has 20 heavy (non-hydrogen) atoms. The molecule has 112 valence electrons. The summed E-state index contributed by atoms with van der Waals surface area (Å²) >= 11 is 3.31. The van der Waals surface area contributed by atoms with Crippen molar-refractivity contribution in [2.45, 2.75) is 12.3 Å². The number of nitrogens with zero attached hydrogens (tertiary/aromatic N) is 3. The molecular weight excluding hydrogens is 300 g/mol. The first-order chi connectivity index (χ1) is 9.47. The van der Waals surface area contributed by atoms with Crippen LogP contribution in [0.15, 0.2) is 17.5 Å². The number of aromatic nitrogens is 1. The largest absolute Gasteiger partial charge is 0.490 e. The summed E-state index contributed by atoms with van der Waals surface area (Å²) in [6.45, 7) is 1.31. The third kappa shape index (κ3) is 7.31. The highest BCUT2D eigenvalue weighted by atomic mass is 32.2. The number of hydrogen-bond acceptors (Lipinski definition) is 8. The summed E-state index contributed by atoms with van der Waals surface area (Å²) in [4.78, 5) is 16.0. The number of hydrogen-bond donors (Lipinski definition) is 2. The van der Waals surface area contributed by atoms with Crippen LogP contribution in [-0.2, 0) is 12.3 Å². The summed E-state index contributed by atoms with van der Waals surface area (Å²) < 4.78 is 0. The monoisotopic (exact) mass is 318 g/mol. The maximum atomic E-state index is 10.1. The minimum Gasteiger partial charge on any atom is -0.490 e. The van der Waals surface area contributed by atoms with Crippen LogP contribution in [0.25, 0.3) is 0 Å². The number of thioether (sulfide) groups is 1. The molecule has 0 aromatic carbocycles. The first-order valence-electron chi connectivity index (χ1n) is 5.91. The van der Waals surface area contributed by atoms with E-state index in [1.807, 2.05) is 19.5 Å². The molecule has 0 saturated heterocycles. The Morgan fingerprint density at radius 1 is 1.70 bits per heavy atom. The van der Waals surface area contributed by atoms with Gasteiger partial charge < -0.3 is 15.3 Å². The van der Waals surface area contributed by atoms with Gasteiger partial charge in [0.1, 0.15) is 5.01 Å². The summed E-state index contributed by atoms with van der Waals surface area (Å²) in [5.74, 6) is 1.11. The van der Waals surface area contributed by atoms with Crippen LogP contribution in [-0.4, -0.2) is 46.3 Å². The van der Waals surface area contributed by atoms with Crippen molar-refractivity contribution in [3.05, 3.63) is 38.3 Å². The molecule has 2 N–H and O–H groups in total. The Labute approximate surface area is 125 Å². The molecule has 0 aliphatic rings. The topological polar surface area (TPSA) is 91.5 Å². The molecule has 0 radical (unpaired) electrons. The molecule has 0 unspecified atom stereocenters. The number of nitro groups is 1. The Balaban J connectivity index is 2.18. The molecule has 0 atom stereocenters. The number of aliphatic hydroxyl groups excluding tert-OH is 1. The van der Waals surface area contributed by atoms with Gasteiger partial charge in [-0.05, 0) is 14.1 Å². The van der Waals surface area contributed by atoms with E-state index in [9.17, 15) is 10.1 Å². The Morgan fingerprint density at radius 3 is 3.10 bits per heavy atom. The van der Waals surface area contributed by atoms with Crippen molar-refractivity contribution in [3.63, 3.8) is 0 Å². The molecule has 0 fully saturated rings. The second kappa shape index (κ2) is 8.77. The average molecular weight is 318 g/mol. The maximum absolute atomic E-state index is 10.1. The van der Waals surface area contributed by atoms with Crippen molar-refractivity contribution in [1.29, 1.82) is 0 Å². The van der Waals surface area contributed by atoms with Crippen LogP contribution < -0.4 is 5.32 Å². The zero-order chi connectivity index (χ0) is 15.0. The predicted molar refractivity (Wildman–Crippen MR) is 81.4 cm³/mol.